The molecule has 2 aromatic rings. The van der Waals surface area contributed by atoms with Gasteiger partial charge in [-0.05, 0) is 44.5 Å². The lowest BCUT2D eigenvalue weighted by Crippen LogP contribution is -2.36. The molecule has 5 heteroatoms. The highest BCUT2D eigenvalue weighted by Gasteiger charge is 2.16. The summed E-state index contributed by atoms with van der Waals surface area (Å²) < 4.78 is 2.09. The number of benzene rings is 1. The number of nitrogens with zero attached hydrogens (tertiary/aromatic N) is 1. The van der Waals surface area contributed by atoms with Crippen molar-refractivity contribution < 1.29 is 9.59 Å². The normalized spacial score (nSPS) is 10.8. The number of carbonyl (C=O) groups is 2. The number of aryl methyl sites for hydroxylation is 2. The molecule has 0 unspecified atom stereocenters. The monoisotopic (exact) mass is 341 g/mol. The summed E-state index contributed by atoms with van der Waals surface area (Å²) in [4.78, 5) is 24.0. The number of amides is 2. The highest BCUT2D eigenvalue weighted by atomic mass is 16.2. The van der Waals surface area contributed by atoms with Crippen molar-refractivity contribution in [1.82, 2.24) is 15.2 Å². The van der Waals surface area contributed by atoms with Gasteiger partial charge in [0.05, 0.1) is 5.56 Å². The SMILES string of the molecule is Cc1cccc(-n2c(C)cc(C(=O)NCCNC(=O)C(C)C)c2C)c1. The largest absolute Gasteiger partial charge is 0.354 e. The average Bonchev–Trinajstić information content (AvgIpc) is 2.85. The molecule has 134 valence electrons. The topological polar surface area (TPSA) is 63.1 Å². The quantitative estimate of drug-likeness (QED) is 0.794. The molecule has 2 rings (SSSR count). The van der Waals surface area contributed by atoms with Gasteiger partial charge in [-0.1, -0.05) is 26.0 Å². The molecule has 0 aliphatic rings. The highest BCUT2D eigenvalue weighted by molar-refractivity contribution is 5.96. The number of hydrogen-bond donors (Lipinski definition) is 2. The van der Waals surface area contributed by atoms with Crippen LogP contribution in [0.2, 0.25) is 0 Å². The fraction of sp³-hybridized carbons (Fsp3) is 0.400. The summed E-state index contributed by atoms with van der Waals surface area (Å²) in [6.45, 7) is 10.5. The van der Waals surface area contributed by atoms with Crippen LogP contribution in [0, 0.1) is 26.7 Å². The number of carbonyl (C=O) groups excluding carboxylic acids is 2. The molecule has 5 nitrogen and oxygen atoms in total. The Kier molecular flexibility index (Phi) is 6.02. The maximum absolute atomic E-state index is 12.5. The standard InChI is InChI=1S/C20H27N3O2/c1-13(2)19(24)21-9-10-22-20(25)18-12-15(4)23(16(18)5)17-8-6-7-14(3)11-17/h6-8,11-13H,9-10H2,1-5H3,(H,21,24)(H,22,25). The predicted molar refractivity (Wildman–Crippen MR) is 100 cm³/mol. The van der Waals surface area contributed by atoms with Gasteiger partial charge in [0.2, 0.25) is 5.91 Å². The fourth-order valence-corrected chi connectivity index (χ4v) is 2.82. The van der Waals surface area contributed by atoms with Crippen molar-refractivity contribution in [2.75, 3.05) is 13.1 Å². The molecule has 0 spiro atoms. The number of nitrogens with one attached hydrogen (secondary N) is 2. The Morgan fingerprint density at radius 2 is 1.72 bits per heavy atom. The molecule has 0 atom stereocenters. The van der Waals surface area contributed by atoms with Crippen LogP contribution in [0.15, 0.2) is 30.3 Å². The Morgan fingerprint density at radius 1 is 1.04 bits per heavy atom. The molecule has 0 aliphatic carbocycles. The van der Waals surface area contributed by atoms with Gasteiger partial charge in [-0.25, -0.2) is 0 Å². The molecule has 1 aromatic heterocycles. The van der Waals surface area contributed by atoms with E-state index >= 15 is 0 Å². The first-order valence-electron chi connectivity index (χ1n) is 8.63. The summed E-state index contributed by atoms with van der Waals surface area (Å²) >= 11 is 0. The first-order valence-corrected chi connectivity index (χ1v) is 8.63. The van der Waals surface area contributed by atoms with Gasteiger partial charge in [0, 0.05) is 36.1 Å². The second-order valence-corrected chi connectivity index (χ2v) is 6.66. The average molecular weight is 341 g/mol. The zero-order valence-electron chi connectivity index (χ0n) is 15.6. The Bertz CT molecular complexity index is 775. The molecule has 2 amide bonds. The van der Waals surface area contributed by atoms with Crippen LogP contribution in [0.1, 0.15) is 41.2 Å². The van der Waals surface area contributed by atoms with Crippen LogP contribution in [0.25, 0.3) is 5.69 Å². The minimum absolute atomic E-state index is 0.00752. The lowest BCUT2D eigenvalue weighted by atomic mass is 10.2. The molecule has 0 radical (unpaired) electrons. The van der Waals surface area contributed by atoms with Crippen LogP contribution in [0.4, 0.5) is 0 Å². The Labute approximate surface area is 149 Å². The smallest absolute Gasteiger partial charge is 0.253 e. The molecule has 0 saturated heterocycles. The van der Waals surface area contributed by atoms with E-state index in [1.165, 1.54) is 5.56 Å². The zero-order valence-corrected chi connectivity index (χ0v) is 15.6. The number of aromatic nitrogens is 1. The molecule has 1 heterocycles. The summed E-state index contributed by atoms with van der Waals surface area (Å²) in [5.41, 5.74) is 4.82. The molecular weight excluding hydrogens is 314 g/mol. The van der Waals surface area contributed by atoms with Crippen molar-refractivity contribution in [1.29, 1.82) is 0 Å². The van der Waals surface area contributed by atoms with Gasteiger partial charge in [-0.3, -0.25) is 9.59 Å². The maximum atomic E-state index is 12.5. The molecule has 0 fully saturated rings. The highest BCUT2D eigenvalue weighted by Crippen LogP contribution is 2.21. The third-order valence-electron chi connectivity index (χ3n) is 4.17. The molecule has 2 N–H and O–H groups in total. The summed E-state index contributed by atoms with van der Waals surface area (Å²) in [7, 11) is 0. The molecule has 1 aromatic carbocycles. The Morgan fingerprint density at radius 3 is 2.36 bits per heavy atom. The minimum atomic E-state index is -0.120. The minimum Gasteiger partial charge on any atom is -0.354 e. The van der Waals surface area contributed by atoms with E-state index in [0.29, 0.717) is 18.7 Å². The van der Waals surface area contributed by atoms with Gasteiger partial charge < -0.3 is 15.2 Å². The van der Waals surface area contributed by atoms with E-state index in [0.717, 1.165) is 17.1 Å². The second kappa shape index (κ2) is 8.01. The molecule has 0 aliphatic heterocycles. The summed E-state index contributed by atoms with van der Waals surface area (Å²) in [6, 6.07) is 10.1. The van der Waals surface area contributed by atoms with Gasteiger partial charge in [-0.2, -0.15) is 0 Å². The van der Waals surface area contributed by atoms with Crippen molar-refractivity contribution in [3.05, 3.63) is 52.8 Å². The van der Waals surface area contributed by atoms with Crippen LogP contribution in [0.5, 0.6) is 0 Å². The Balaban J connectivity index is 2.06. The fourth-order valence-electron chi connectivity index (χ4n) is 2.82. The lowest BCUT2D eigenvalue weighted by Gasteiger charge is -2.11. The van der Waals surface area contributed by atoms with Crippen molar-refractivity contribution >= 4 is 11.8 Å². The zero-order chi connectivity index (χ0) is 18.6. The van der Waals surface area contributed by atoms with E-state index in [2.05, 4.69) is 34.3 Å². The van der Waals surface area contributed by atoms with E-state index in [1.54, 1.807) is 0 Å². The van der Waals surface area contributed by atoms with Gasteiger partial charge in [0.15, 0.2) is 0 Å². The lowest BCUT2D eigenvalue weighted by molar-refractivity contribution is -0.123. The summed E-state index contributed by atoms with van der Waals surface area (Å²) in [6.07, 6.45) is 0. The Hall–Kier alpha value is -2.56. The maximum Gasteiger partial charge on any atom is 0.253 e. The second-order valence-electron chi connectivity index (χ2n) is 6.66. The van der Waals surface area contributed by atoms with Crippen LogP contribution >= 0.6 is 0 Å². The van der Waals surface area contributed by atoms with Gasteiger partial charge >= 0.3 is 0 Å². The molecule has 25 heavy (non-hydrogen) atoms. The summed E-state index contributed by atoms with van der Waals surface area (Å²) in [5.74, 6) is -0.179. The third-order valence-corrected chi connectivity index (χ3v) is 4.17. The van der Waals surface area contributed by atoms with Crippen LogP contribution in [-0.2, 0) is 4.79 Å². The third kappa shape index (κ3) is 4.50. The van der Waals surface area contributed by atoms with Crippen molar-refractivity contribution in [2.45, 2.75) is 34.6 Å². The van der Waals surface area contributed by atoms with Crippen LogP contribution in [-0.4, -0.2) is 29.5 Å². The van der Waals surface area contributed by atoms with E-state index in [-0.39, 0.29) is 17.7 Å². The van der Waals surface area contributed by atoms with Crippen molar-refractivity contribution in [3.63, 3.8) is 0 Å². The molecular formula is C20H27N3O2. The van der Waals surface area contributed by atoms with E-state index in [1.807, 2.05) is 45.9 Å². The number of hydrogen-bond acceptors (Lipinski definition) is 2. The van der Waals surface area contributed by atoms with Gasteiger partial charge in [0.1, 0.15) is 0 Å². The van der Waals surface area contributed by atoms with Crippen LogP contribution in [0.3, 0.4) is 0 Å². The molecule has 0 bridgehead atoms. The van der Waals surface area contributed by atoms with Gasteiger partial charge in [-0.15, -0.1) is 0 Å². The molecule has 0 saturated carbocycles. The van der Waals surface area contributed by atoms with E-state index < -0.39 is 0 Å². The van der Waals surface area contributed by atoms with Gasteiger partial charge in [0.25, 0.3) is 5.91 Å². The first-order chi connectivity index (χ1) is 11.8. The first kappa shape index (κ1) is 18.8. The summed E-state index contributed by atoms with van der Waals surface area (Å²) in [5, 5.41) is 5.66. The number of rotatable bonds is 6. The van der Waals surface area contributed by atoms with E-state index in [4.69, 9.17) is 0 Å². The van der Waals surface area contributed by atoms with E-state index in [9.17, 15) is 9.59 Å². The predicted octanol–water partition coefficient (Wildman–Crippen LogP) is 2.90. The van der Waals surface area contributed by atoms with Crippen molar-refractivity contribution in [2.24, 2.45) is 5.92 Å². The van der Waals surface area contributed by atoms with Crippen molar-refractivity contribution in [3.8, 4) is 5.69 Å². The van der Waals surface area contributed by atoms with Crippen LogP contribution < -0.4 is 10.6 Å².